The van der Waals surface area contributed by atoms with Gasteiger partial charge >= 0.3 is 0 Å². The molecule has 8 nitrogen and oxygen atoms in total. The number of ether oxygens (including phenoxy) is 2. The summed E-state index contributed by atoms with van der Waals surface area (Å²) in [5.41, 5.74) is 0.948. The fourth-order valence-electron chi connectivity index (χ4n) is 3.71. The summed E-state index contributed by atoms with van der Waals surface area (Å²) in [4.78, 5) is 29.1. The van der Waals surface area contributed by atoms with E-state index in [9.17, 15) is 9.59 Å². The number of halogens is 1. The third-order valence-corrected chi connectivity index (χ3v) is 5.58. The minimum absolute atomic E-state index is 0.0465. The van der Waals surface area contributed by atoms with Gasteiger partial charge in [0.05, 0.1) is 5.69 Å². The molecular formula is C22H19ClN4O4. The summed E-state index contributed by atoms with van der Waals surface area (Å²) in [7, 11) is 0. The van der Waals surface area contributed by atoms with Gasteiger partial charge in [0.25, 0.3) is 11.5 Å². The molecule has 5 rings (SSSR count). The van der Waals surface area contributed by atoms with Crippen LogP contribution in [0.4, 0.5) is 5.82 Å². The summed E-state index contributed by atoms with van der Waals surface area (Å²) in [5, 5.41) is 5.05. The molecule has 0 saturated carbocycles. The Morgan fingerprint density at radius 1 is 0.935 bits per heavy atom. The molecular weight excluding hydrogens is 420 g/mol. The predicted octanol–water partition coefficient (Wildman–Crippen LogP) is 2.58. The number of fused-ring (bicyclic) bond motifs is 1. The average Bonchev–Trinajstić information content (AvgIpc) is 3.27. The van der Waals surface area contributed by atoms with Gasteiger partial charge in [-0.3, -0.25) is 9.59 Å². The van der Waals surface area contributed by atoms with Gasteiger partial charge in [-0.25, -0.2) is 0 Å². The van der Waals surface area contributed by atoms with Crippen molar-refractivity contribution in [3.05, 3.63) is 75.5 Å². The molecule has 2 aliphatic rings. The Kier molecular flexibility index (Phi) is 4.99. The monoisotopic (exact) mass is 438 g/mol. The zero-order valence-electron chi connectivity index (χ0n) is 16.5. The lowest BCUT2D eigenvalue weighted by Gasteiger charge is -2.35. The maximum Gasteiger partial charge on any atom is 0.271 e. The van der Waals surface area contributed by atoms with Crippen molar-refractivity contribution in [2.45, 2.75) is 0 Å². The van der Waals surface area contributed by atoms with Gasteiger partial charge in [0.15, 0.2) is 11.5 Å². The third kappa shape index (κ3) is 3.82. The van der Waals surface area contributed by atoms with Crippen LogP contribution in [0.3, 0.4) is 0 Å². The van der Waals surface area contributed by atoms with Crippen molar-refractivity contribution >= 4 is 23.3 Å². The topological polar surface area (TPSA) is 76.9 Å². The number of benzene rings is 2. The van der Waals surface area contributed by atoms with E-state index in [0.717, 1.165) is 0 Å². The standard InChI is InChI=1S/C22H19ClN4O4/c23-16-2-1-3-17(13-16)27-21(28)7-6-20(24-27)25-8-10-26(11-9-25)22(29)15-4-5-18-19(12-15)31-14-30-18/h1-7,12-13H,8-11,14H2. The first-order valence-electron chi connectivity index (χ1n) is 9.89. The van der Waals surface area contributed by atoms with Crippen LogP contribution in [-0.4, -0.2) is 53.6 Å². The Morgan fingerprint density at radius 3 is 2.55 bits per heavy atom. The molecule has 3 aromatic rings. The van der Waals surface area contributed by atoms with Gasteiger partial charge in [0.2, 0.25) is 6.79 Å². The molecule has 9 heteroatoms. The lowest BCUT2D eigenvalue weighted by Crippen LogP contribution is -2.49. The number of hydrogen-bond donors (Lipinski definition) is 0. The summed E-state index contributed by atoms with van der Waals surface area (Å²) in [6.07, 6.45) is 0. The van der Waals surface area contributed by atoms with Gasteiger partial charge in [0, 0.05) is 42.8 Å². The van der Waals surface area contributed by atoms with Crippen molar-refractivity contribution in [3.63, 3.8) is 0 Å². The van der Waals surface area contributed by atoms with Crippen LogP contribution < -0.4 is 19.9 Å². The van der Waals surface area contributed by atoms with Crippen LogP contribution in [0, 0.1) is 0 Å². The smallest absolute Gasteiger partial charge is 0.271 e. The van der Waals surface area contributed by atoms with Crippen molar-refractivity contribution < 1.29 is 14.3 Å². The first-order valence-corrected chi connectivity index (χ1v) is 10.3. The first kappa shape index (κ1) is 19.4. The van der Waals surface area contributed by atoms with Crippen LogP contribution >= 0.6 is 11.6 Å². The fraction of sp³-hybridized carbons (Fsp3) is 0.227. The average molecular weight is 439 g/mol. The Hall–Kier alpha value is -3.52. The third-order valence-electron chi connectivity index (χ3n) is 5.35. The first-order chi connectivity index (χ1) is 15.1. The van der Waals surface area contributed by atoms with Crippen LogP contribution in [0.5, 0.6) is 11.5 Å². The van der Waals surface area contributed by atoms with Crippen molar-refractivity contribution in [1.82, 2.24) is 14.7 Å². The highest BCUT2D eigenvalue weighted by molar-refractivity contribution is 6.30. The van der Waals surface area contributed by atoms with Crippen molar-refractivity contribution in [3.8, 4) is 17.2 Å². The molecule has 158 valence electrons. The summed E-state index contributed by atoms with van der Waals surface area (Å²) < 4.78 is 12.0. The van der Waals surface area contributed by atoms with E-state index < -0.39 is 0 Å². The molecule has 0 unspecified atom stereocenters. The zero-order valence-corrected chi connectivity index (χ0v) is 17.3. The van der Waals surface area contributed by atoms with Gasteiger partial charge < -0.3 is 19.3 Å². The minimum Gasteiger partial charge on any atom is -0.454 e. The molecule has 0 atom stereocenters. The lowest BCUT2D eigenvalue weighted by atomic mass is 10.1. The summed E-state index contributed by atoms with van der Waals surface area (Å²) in [6.45, 7) is 2.49. The molecule has 0 radical (unpaired) electrons. The van der Waals surface area contributed by atoms with Gasteiger partial charge in [0.1, 0.15) is 5.82 Å². The molecule has 2 aliphatic heterocycles. The van der Waals surface area contributed by atoms with Crippen molar-refractivity contribution in [2.24, 2.45) is 0 Å². The van der Waals surface area contributed by atoms with E-state index in [-0.39, 0.29) is 18.3 Å². The van der Waals surface area contributed by atoms with Crippen LogP contribution in [0.2, 0.25) is 5.02 Å². The van der Waals surface area contributed by atoms with E-state index in [1.165, 1.54) is 10.7 Å². The molecule has 0 aliphatic carbocycles. The van der Waals surface area contributed by atoms with Crippen LogP contribution in [0.1, 0.15) is 10.4 Å². The van der Waals surface area contributed by atoms with Gasteiger partial charge in [-0.15, -0.1) is 5.10 Å². The largest absolute Gasteiger partial charge is 0.454 e. The number of carbonyl (C=O) groups is 1. The number of piperazine rings is 1. The highest BCUT2D eigenvalue weighted by Gasteiger charge is 2.25. The molecule has 1 amide bonds. The number of anilines is 1. The molecule has 1 fully saturated rings. The van der Waals surface area contributed by atoms with Gasteiger partial charge in [-0.1, -0.05) is 17.7 Å². The van der Waals surface area contributed by atoms with E-state index in [4.69, 9.17) is 21.1 Å². The second-order valence-corrected chi connectivity index (χ2v) is 7.71. The zero-order chi connectivity index (χ0) is 21.4. The minimum atomic E-state index is -0.234. The number of rotatable bonds is 3. The van der Waals surface area contributed by atoms with Gasteiger partial charge in [-0.05, 0) is 42.5 Å². The molecule has 0 spiro atoms. The molecule has 1 saturated heterocycles. The van der Waals surface area contributed by atoms with E-state index in [1.807, 2.05) is 0 Å². The maximum atomic E-state index is 12.9. The number of carbonyl (C=O) groups excluding carboxylic acids is 1. The molecule has 1 aromatic heterocycles. The highest BCUT2D eigenvalue weighted by Crippen LogP contribution is 2.33. The molecule has 2 aromatic carbocycles. The molecule has 31 heavy (non-hydrogen) atoms. The number of hydrogen-bond acceptors (Lipinski definition) is 6. The van der Waals surface area contributed by atoms with E-state index in [1.54, 1.807) is 53.4 Å². The molecule has 0 bridgehead atoms. The Morgan fingerprint density at radius 2 is 1.74 bits per heavy atom. The Balaban J connectivity index is 1.30. The predicted molar refractivity (Wildman–Crippen MR) is 116 cm³/mol. The van der Waals surface area contributed by atoms with Crippen molar-refractivity contribution in [1.29, 1.82) is 0 Å². The van der Waals surface area contributed by atoms with E-state index >= 15 is 0 Å². The SMILES string of the molecule is O=C(c1ccc2c(c1)OCO2)N1CCN(c2ccc(=O)n(-c3cccc(Cl)c3)n2)CC1. The van der Waals surface area contributed by atoms with E-state index in [2.05, 4.69) is 10.00 Å². The summed E-state index contributed by atoms with van der Waals surface area (Å²) >= 11 is 6.06. The second kappa shape index (κ2) is 7.96. The summed E-state index contributed by atoms with van der Waals surface area (Å²) in [5.74, 6) is 1.88. The molecule has 3 heterocycles. The lowest BCUT2D eigenvalue weighted by molar-refractivity contribution is 0.0746. The Bertz CT molecular complexity index is 1200. The Labute approximate surface area is 183 Å². The fourth-order valence-corrected chi connectivity index (χ4v) is 3.90. The number of nitrogens with zero attached hydrogens (tertiary/aromatic N) is 4. The number of aromatic nitrogens is 2. The van der Waals surface area contributed by atoms with Crippen LogP contribution in [0.25, 0.3) is 5.69 Å². The number of amides is 1. The molecule has 0 N–H and O–H groups in total. The quantitative estimate of drug-likeness (QED) is 0.625. The van der Waals surface area contributed by atoms with Crippen molar-refractivity contribution in [2.75, 3.05) is 37.9 Å². The van der Waals surface area contributed by atoms with Crippen LogP contribution in [-0.2, 0) is 0 Å². The van der Waals surface area contributed by atoms with E-state index in [0.29, 0.717) is 59.8 Å². The second-order valence-electron chi connectivity index (χ2n) is 7.27. The normalized spacial score (nSPS) is 15.3. The maximum absolute atomic E-state index is 12.9. The highest BCUT2D eigenvalue weighted by atomic mass is 35.5. The summed E-state index contributed by atoms with van der Waals surface area (Å²) in [6, 6.07) is 15.4. The van der Waals surface area contributed by atoms with Gasteiger partial charge in [-0.2, -0.15) is 4.68 Å². The van der Waals surface area contributed by atoms with Crippen LogP contribution in [0.15, 0.2) is 59.4 Å².